The number of nitrogens with two attached hydrogens (primary N) is 1. The van der Waals surface area contributed by atoms with Crippen LogP contribution < -0.4 is 10.5 Å². The highest BCUT2D eigenvalue weighted by molar-refractivity contribution is 5.87. The lowest BCUT2D eigenvalue weighted by Gasteiger charge is -2.18. The summed E-state index contributed by atoms with van der Waals surface area (Å²) in [6.45, 7) is 2.01. The Balaban J connectivity index is 2.14. The summed E-state index contributed by atoms with van der Waals surface area (Å²) in [5.74, 6) is 0.616. The van der Waals surface area contributed by atoms with Crippen LogP contribution in [-0.4, -0.2) is 12.2 Å². The maximum atomic E-state index is 10.9. The second-order valence-corrected chi connectivity index (χ2v) is 5.42. The van der Waals surface area contributed by atoms with E-state index in [0.29, 0.717) is 11.4 Å². The first-order valence-electron chi connectivity index (χ1n) is 7.21. The number of hydrogen-bond donors (Lipinski definition) is 2. The highest BCUT2D eigenvalue weighted by atomic mass is 16.5. The van der Waals surface area contributed by atoms with Crippen LogP contribution in [0.15, 0.2) is 54.6 Å². The normalized spacial score (nSPS) is 12.3. The van der Waals surface area contributed by atoms with Gasteiger partial charge in [-0.25, -0.2) is 0 Å². The number of methoxy groups -OCH3 is 1. The fourth-order valence-electron chi connectivity index (χ4n) is 2.86. The van der Waals surface area contributed by atoms with E-state index in [9.17, 15) is 5.11 Å². The molecule has 0 radical (unpaired) electrons. The van der Waals surface area contributed by atoms with Gasteiger partial charge in [-0.2, -0.15) is 0 Å². The molecule has 3 rings (SSSR count). The van der Waals surface area contributed by atoms with Gasteiger partial charge in [0.1, 0.15) is 11.9 Å². The van der Waals surface area contributed by atoms with Crippen LogP contribution in [0.3, 0.4) is 0 Å². The summed E-state index contributed by atoms with van der Waals surface area (Å²) in [6.07, 6.45) is -0.723. The number of nitrogen functional groups attached to an aromatic ring is 1. The van der Waals surface area contributed by atoms with Crippen molar-refractivity contribution in [3.63, 3.8) is 0 Å². The first-order valence-corrected chi connectivity index (χ1v) is 7.21. The summed E-state index contributed by atoms with van der Waals surface area (Å²) < 4.78 is 5.17. The quantitative estimate of drug-likeness (QED) is 0.722. The van der Waals surface area contributed by atoms with Gasteiger partial charge >= 0.3 is 0 Å². The number of fused-ring (bicyclic) bond motifs is 1. The summed E-state index contributed by atoms with van der Waals surface area (Å²) in [7, 11) is 1.58. The van der Waals surface area contributed by atoms with E-state index >= 15 is 0 Å². The summed E-state index contributed by atoms with van der Waals surface area (Å²) in [5.41, 5.74) is 9.22. The van der Waals surface area contributed by atoms with Gasteiger partial charge in [-0.15, -0.1) is 0 Å². The van der Waals surface area contributed by atoms with Gasteiger partial charge in [-0.1, -0.05) is 42.5 Å². The first kappa shape index (κ1) is 14.4. The van der Waals surface area contributed by atoms with Crippen molar-refractivity contribution in [2.45, 2.75) is 13.0 Å². The third-order valence-corrected chi connectivity index (χ3v) is 4.03. The summed E-state index contributed by atoms with van der Waals surface area (Å²) in [5, 5.41) is 13.0. The fraction of sp³-hybridized carbons (Fsp3) is 0.158. The molecule has 0 aliphatic carbocycles. The minimum absolute atomic E-state index is 0.525. The van der Waals surface area contributed by atoms with Gasteiger partial charge in [0.05, 0.1) is 12.8 Å². The molecule has 0 amide bonds. The molecule has 0 unspecified atom stereocenters. The van der Waals surface area contributed by atoms with Crippen molar-refractivity contribution in [1.82, 2.24) is 0 Å². The fourth-order valence-corrected chi connectivity index (χ4v) is 2.86. The number of aliphatic hydroxyl groups excluding tert-OH is 1. The van der Waals surface area contributed by atoms with Crippen LogP contribution in [0.25, 0.3) is 10.8 Å². The largest absolute Gasteiger partial charge is 0.495 e. The summed E-state index contributed by atoms with van der Waals surface area (Å²) in [4.78, 5) is 0. The number of rotatable bonds is 3. The smallest absolute Gasteiger partial charge is 0.141 e. The van der Waals surface area contributed by atoms with Gasteiger partial charge in [0, 0.05) is 0 Å². The predicted octanol–water partition coefficient (Wildman–Crippen LogP) is 3.82. The molecule has 3 aromatic rings. The molecule has 22 heavy (non-hydrogen) atoms. The highest BCUT2D eigenvalue weighted by Gasteiger charge is 2.17. The second kappa shape index (κ2) is 5.70. The Labute approximate surface area is 130 Å². The number of hydrogen-bond acceptors (Lipinski definition) is 3. The van der Waals surface area contributed by atoms with Gasteiger partial charge in [-0.05, 0) is 46.5 Å². The summed E-state index contributed by atoms with van der Waals surface area (Å²) in [6, 6.07) is 17.6. The Bertz CT molecular complexity index is 827. The number of anilines is 1. The van der Waals surface area contributed by atoms with Crippen molar-refractivity contribution in [2.75, 3.05) is 12.8 Å². The Morgan fingerprint density at radius 3 is 2.55 bits per heavy atom. The molecule has 3 heteroatoms. The molecule has 0 heterocycles. The molecule has 0 bridgehead atoms. The van der Waals surface area contributed by atoms with Crippen molar-refractivity contribution in [2.24, 2.45) is 0 Å². The number of benzene rings is 3. The van der Waals surface area contributed by atoms with Gasteiger partial charge in [0.15, 0.2) is 0 Å². The molecule has 3 nitrogen and oxygen atoms in total. The van der Waals surface area contributed by atoms with Crippen LogP contribution in [0.5, 0.6) is 5.75 Å². The Morgan fingerprint density at radius 2 is 1.82 bits per heavy atom. The molecule has 0 aliphatic rings. The van der Waals surface area contributed by atoms with E-state index in [-0.39, 0.29) is 0 Å². The monoisotopic (exact) mass is 293 g/mol. The van der Waals surface area contributed by atoms with Gasteiger partial charge in [-0.3, -0.25) is 0 Å². The van der Waals surface area contributed by atoms with E-state index in [1.54, 1.807) is 19.2 Å². The molecule has 0 fully saturated rings. The average Bonchev–Trinajstić information content (AvgIpc) is 2.54. The third-order valence-electron chi connectivity index (χ3n) is 4.03. The van der Waals surface area contributed by atoms with Crippen LogP contribution in [0.1, 0.15) is 22.8 Å². The third kappa shape index (κ3) is 2.40. The topological polar surface area (TPSA) is 55.5 Å². The molecule has 3 aromatic carbocycles. The lowest BCUT2D eigenvalue weighted by Crippen LogP contribution is -2.04. The lowest BCUT2D eigenvalue weighted by atomic mass is 9.92. The Hall–Kier alpha value is -2.52. The van der Waals surface area contributed by atoms with Crippen LogP contribution in [0.2, 0.25) is 0 Å². The van der Waals surface area contributed by atoms with Crippen molar-refractivity contribution >= 4 is 16.5 Å². The Morgan fingerprint density at radius 1 is 1.05 bits per heavy atom. The average molecular weight is 293 g/mol. The Kier molecular flexibility index (Phi) is 3.73. The zero-order chi connectivity index (χ0) is 15.7. The maximum absolute atomic E-state index is 10.9. The molecular weight excluding hydrogens is 274 g/mol. The van der Waals surface area contributed by atoms with Gasteiger partial charge < -0.3 is 15.6 Å². The highest BCUT2D eigenvalue weighted by Crippen LogP contribution is 2.34. The van der Waals surface area contributed by atoms with Gasteiger partial charge in [0.2, 0.25) is 0 Å². The standard InChI is InChI=1S/C19H19NO2/c1-12-7-8-13-5-3-4-6-15(13)18(12)19(21)14-9-10-17(22-2)16(20)11-14/h3-11,19,21H,20H2,1-2H3/t19-/m1/s1. The van der Waals surface area contributed by atoms with E-state index in [1.165, 1.54) is 0 Å². The summed E-state index contributed by atoms with van der Waals surface area (Å²) >= 11 is 0. The second-order valence-electron chi connectivity index (χ2n) is 5.42. The number of aryl methyl sites for hydroxylation is 1. The molecular formula is C19H19NO2. The molecule has 0 aliphatic heterocycles. The van der Waals surface area contributed by atoms with E-state index in [4.69, 9.17) is 10.5 Å². The lowest BCUT2D eigenvalue weighted by molar-refractivity contribution is 0.221. The maximum Gasteiger partial charge on any atom is 0.141 e. The molecule has 1 atom stereocenters. The predicted molar refractivity (Wildman–Crippen MR) is 90.2 cm³/mol. The minimum atomic E-state index is -0.723. The van der Waals surface area contributed by atoms with Crippen molar-refractivity contribution in [3.8, 4) is 5.75 Å². The molecule has 112 valence electrons. The SMILES string of the molecule is COc1ccc([C@@H](O)c2c(C)ccc3ccccc23)cc1N. The van der Waals surface area contributed by atoms with Gasteiger partial charge in [0.25, 0.3) is 0 Å². The van der Waals surface area contributed by atoms with Crippen molar-refractivity contribution in [3.05, 3.63) is 71.3 Å². The zero-order valence-electron chi connectivity index (χ0n) is 12.7. The number of aliphatic hydroxyl groups is 1. The van der Waals surface area contributed by atoms with Crippen LogP contribution in [0, 0.1) is 6.92 Å². The van der Waals surface area contributed by atoms with Crippen LogP contribution in [0.4, 0.5) is 5.69 Å². The molecule has 0 spiro atoms. The van der Waals surface area contributed by atoms with E-state index < -0.39 is 6.10 Å². The first-order chi connectivity index (χ1) is 10.6. The van der Waals surface area contributed by atoms with Crippen LogP contribution in [-0.2, 0) is 0 Å². The minimum Gasteiger partial charge on any atom is -0.495 e. The molecule has 0 saturated heterocycles. The van der Waals surface area contributed by atoms with Crippen molar-refractivity contribution < 1.29 is 9.84 Å². The number of ether oxygens (including phenoxy) is 1. The molecule has 0 saturated carbocycles. The zero-order valence-corrected chi connectivity index (χ0v) is 12.7. The van der Waals surface area contributed by atoms with Crippen molar-refractivity contribution in [1.29, 1.82) is 0 Å². The van der Waals surface area contributed by atoms with E-state index in [0.717, 1.165) is 27.5 Å². The van der Waals surface area contributed by atoms with Crippen LogP contribution >= 0.6 is 0 Å². The molecule has 3 N–H and O–H groups in total. The molecule has 0 aromatic heterocycles. The van der Waals surface area contributed by atoms with E-state index in [1.807, 2.05) is 43.3 Å². The van der Waals surface area contributed by atoms with E-state index in [2.05, 4.69) is 6.07 Å².